The van der Waals surface area contributed by atoms with Crippen LogP contribution in [0.1, 0.15) is 51.0 Å². The summed E-state index contributed by atoms with van der Waals surface area (Å²) in [7, 11) is 0. The van der Waals surface area contributed by atoms with Gasteiger partial charge in [0.2, 0.25) is 0 Å². The molecule has 3 N–H and O–H groups in total. The van der Waals surface area contributed by atoms with E-state index in [-0.39, 0.29) is 23.3 Å². The SMILES string of the molecule is CC1(C)CNCC[C@@H]1Nc1nc(-c2ccnc(Nc3nc4ccc(F)cc4o3)c2)nc2cncc(C3CCC3)c12. The molecule has 0 spiro atoms. The second-order valence-electron chi connectivity index (χ2n) is 11.5. The van der Waals surface area contributed by atoms with Gasteiger partial charge in [0.05, 0.1) is 11.7 Å². The van der Waals surface area contributed by atoms with Crippen LogP contribution in [0.15, 0.2) is 53.3 Å². The molecule has 40 heavy (non-hydrogen) atoms. The fourth-order valence-corrected chi connectivity index (χ4v) is 5.67. The maximum atomic E-state index is 13.6. The van der Waals surface area contributed by atoms with Crippen LogP contribution in [0.4, 0.5) is 22.0 Å². The van der Waals surface area contributed by atoms with Gasteiger partial charge >= 0.3 is 6.01 Å². The molecule has 9 nitrogen and oxygen atoms in total. The Hall–Kier alpha value is -4.18. The highest BCUT2D eigenvalue weighted by Crippen LogP contribution is 2.42. The molecule has 4 aromatic heterocycles. The number of nitrogens with zero attached hydrogens (tertiary/aromatic N) is 5. The predicted molar refractivity (Wildman–Crippen MR) is 153 cm³/mol. The zero-order valence-electron chi connectivity index (χ0n) is 22.5. The van der Waals surface area contributed by atoms with E-state index in [2.05, 4.69) is 44.7 Å². The molecule has 10 heteroatoms. The smallest absolute Gasteiger partial charge is 0.301 e. The summed E-state index contributed by atoms with van der Waals surface area (Å²) in [6.45, 7) is 6.49. The van der Waals surface area contributed by atoms with Gasteiger partial charge in [0.15, 0.2) is 11.4 Å². The molecule has 1 saturated heterocycles. The number of oxazole rings is 1. The number of pyridine rings is 2. The van der Waals surface area contributed by atoms with Gasteiger partial charge in [0.25, 0.3) is 0 Å². The number of fused-ring (bicyclic) bond motifs is 2. The van der Waals surface area contributed by atoms with E-state index >= 15 is 0 Å². The predicted octanol–water partition coefficient (Wildman–Crippen LogP) is 6.18. The molecule has 0 amide bonds. The number of hydrogen-bond acceptors (Lipinski definition) is 9. The van der Waals surface area contributed by atoms with E-state index in [1.165, 1.54) is 37.0 Å². The Morgan fingerprint density at radius 3 is 2.75 bits per heavy atom. The van der Waals surface area contributed by atoms with Gasteiger partial charge in [-0.3, -0.25) is 10.3 Å². The standard InChI is InChI=1S/C30H31FN8O/c1-30(2)16-32-10-9-24(30)37-28-26-20(17-4-3-5-17)14-33-15-22(26)35-27(39-28)18-8-11-34-25(12-18)38-29-36-21-7-6-19(31)13-23(21)40-29/h6-8,11-15,17,24,32H,3-5,9-10,16H2,1-2H3,(H,34,36,38)(H,35,37,39)/t24-/m0/s1. The number of nitrogens with one attached hydrogen (secondary N) is 3. The quantitative estimate of drug-likeness (QED) is 0.233. The van der Waals surface area contributed by atoms with E-state index in [0.717, 1.165) is 41.8 Å². The monoisotopic (exact) mass is 538 g/mol. The molecular formula is C30H31FN8O. The summed E-state index contributed by atoms with van der Waals surface area (Å²) < 4.78 is 19.3. The van der Waals surface area contributed by atoms with Crippen LogP contribution in [0.3, 0.4) is 0 Å². The molecule has 2 fully saturated rings. The van der Waals surface area contributed by atoms with Crippen molar-refractivity contribution in [2.24, 2.45) is 5.41 Å². The van der Waals surface area contributed by atoms with Crippen LogP contribution in [-0.2, 0) is 0 Å². The third-order valence-corrected chi connectivity index (χ3v) is 8.23. The fourth-order valence-electron chi connectivity index (χ4n) is 5.67. The minimum Gasteiger partial charge on any atom is -0.423 e. The lowest BCUT2D eigenvalue weighted by Crippen LogP contribution is -2.49. The lowest BCUT2D eigenvalue weighted by atomic mass is 9.78. The summed E-state index contributed by atoms with van der Waals surface area (Å²) in [5.74, 6) is 2.07. The molecule has 0 unspecified atom stereocenters. The van der Waals surface area contributed by atoms with Crippen molar-refractivity contribution in [2.75, 3.05) is 23.7 Å². The van der Waals surface area contributed by atoms with Gasteiger partial charge in [-0.05, 0) is 67.0 Å². The van der Waals surface area contributed by atoms with Gasteiger partial charge in [-0.1, -0.05) is 20.3 Å². The average molecular weight is 539 g/mol. The van der Waals surface area contributed by atoms with Gasteiger partial charge in [0.1, 0.15) is 23.0 Å². The molecular weight excluding hydrogens is 507 g/mol. The molecule has 2 aliphatic rings. The minimum atomic E-state index is -0.379. The number of halogens is 1. The van der Waals surface area contributed by atoms with Crippen molar-refractivity contribution < 1.29 is 8.81 Å². The summed E-state index contributed by atoms with van der Waals surface area (Å²) in [6.07, 6.45) is 10.1. The average Bonchev–Trinajstić information content (AvgIpc) is 3.30. The highest BCUT2D eigenvalue weighted by atomic mass is 19.1. The fraction of sp³-hybridized carbons (Fsp3) is 0.367. The minimum absolute atomic E-state index is 0.0651. The summed E-state index contributed by atoms with van der Waals surface area (Å²) >= 11 is 0. The Labute approximate surface area is 231 Å². The molecule has 7 rings (SSSR count). The molecule has 0 bridgehead atoms. The summed E-state index contributed by atoms with van der Waals surface area (Å²) in [6, 6.07) is 8.48. The molecule has 1 aliphatic heterocycles. The Kier molecular flexibility index (Phi) is 6.07. The van der Waals surface area contributed by atoms with Gasteiger partial charge in [-0.25, -0.2) is 19.3 Å². The molecule has 1 atom stereocenters. The lowest BCUT2D eigenvalue weighted by Gasteiger charge is -2.40. The molecule has 1 aliphatic carbocycles. The van der Waals surface area contributed by atoms with E-state index < -0.39 is 0 Å². The summed E-state index contributed by atoms with van der Waals surface area (Å²) in [5, 5.41) is 11.5. The van der Waals surface area contributed by atoms with Crippen LogP contribution in [0.25, 0.3) is 33.4 Å². The summed E-state index contributed by atoms with van der Waals surface area (Å²) in [5.41, 5.74) is 3.84. The van der Waals surface area contributed by atoms with E-state index in [1.54, 1.807) is 12.3 Å². The van der Waals surface area contributed by atoms with Crippen molar-refractivity contribution in [3.05, 3.63) is 60.3 Å². The zero-order chi connectivity index (χ0) is 27.3. The van der Waals surface area contributed by atoms with Crippen molar-refractivity contribution in [1.29, 1.82) is 0 Å². The summed E-state index contributed by atoms with van der Waals surface area (Å²) in [4.78, 5) is 23.5. The Morgan fingerprint density at radius 2 is 1.93 bits per heavy atom. The van der Waals surface area contributed by atoms with E-state index in [4.69, 9.17) is 14.4 Å². The Balaban J connectivity index is 1.28. The number of benzene rings is 1. The number of aromatic nitrogens is 5. The van der Waals surface area contributed by atoms with Crippen LogP contribution < -0.4 is 16.0 Å². The van der Waals surface area contributed by atoms with E-state index in [0.29, 0.717) is 28.7 Å². The molecule has 1 saturated carbocycles. The Bertz CT molecular complexity index is 1710. The first-order valence-corrected chi connectivity index (χ1v) is 13.9. The van der Waals surface area contributed by atoms with Crippen molar-refractivity contribution in [3.8, 4) is 11.4 Å². The first-order chi connectivity index (χ1) is 19.4. The van der Waals surface area contributed by atoms with Crippen LogP contribution in [0.5, 0.6) is 0 Å². The first-order valence-electron chi connectivity index (χ1n) is 13.9. The lowest BCUT2D eigenvalue weighted by molar-refractivity contribution is 0.236. The molecule has 1 aromatic carbocycles. The van der Waals surface area contributed by atoms with Crippen LogP contribution in [0, 0.1) is 11.2 Å². The highest BCUT2D eigenvalue weighted by Gasteiger charge is 2.33. The highest BCUT2D eigenvalue weighted by molar-refractivity contribution is 5.93. The van der Waals surface area contributed by atoms with Crippen molar-refractivity contribution in [2.45, 2.75) is 51.5 Å². The zero-order valence-corrected chi connectivity index (χ0v) is 22.5. The topological polar surface area (TPSA) is 114 Å². The van der Waals surface area contributed by atoms with E-state index in [1.807, 2.05) is 24.5 Å². The van der Waals surface area contributed by atoms with Gasteiger partial charge in [0, 0.05) is 42.0 Å². The number of piperidine rings is 1. The van der Waals surface area contributed by atoms with Crippen LogP contribution >= 0.6 is 0 Å². The second kappa shape index (κ2) is 9.78. The molecule has 5 aromatic rings. The molecule has 5 heterocycles. The first kappa shape index (κ1) is 24.8. The number of anilines is 3. The third kappa shape index (κ3) is 4.62. The maximum Gasteiger partial charge on any atom is 0.301 e. The normalized spacial score (nSPS) is 19.0. The van der Waals surface area contributed by atoms with Gasteiger partial charge in [-0.2, -0.15) is 4.98 Å². The van der Waals surface area contributed by atoms with Crippen molar-refractivity contribution in [1.82, 2.24) is 30.2 Å². The van der Waals surface area contributed by atoms with E-state index in [9.17, 15) is 4.39 Å². The third-order valence-electron chi connectivity index (χ3n) is 8.23. The number of hydrogen-bond donors (Lipinski definition) is 3. The Morgan fingerprint density at radius 1 is 1.02 bits per heavy atom. The largest absolute Gasteiger partial charge is 0.423 e. The number of rotatable bonds is 6. The molecule has 204 valence electrons. The van der Waals surface area contributed by atoms with Crippen molar-refractivity contribution in [3.63, 3.8) is 0 Å². The van der Waals surface area contributed by atoms with Gasteiger partial charge < -0.3 is 15.1 Å². The van der Waals surface area contributed by atoms with Crippen LogP contribution in [-0.4, -0.2) is 44.1 Å². The maximum absolute atomic E-state index is 13.6. The van der Waals surface area contributed by atoms with Crippen molar-refractivity contribution >= 4 is 39.7 Å². The molecule has 0 radical (unpaired) electrons. The second-order valence-corrected chi connectivity index (χ2v) is 11.5. The van der Waals surface area contributed by atoms with Crippen LogP contribution in [0.2, 0.25) is 0 Å². The van der Waals surface area contributed by atoms with Gasteiger partial charge in [-0.15, -0.1) is 0 Å².